The molecule has 0 aromatic heterocycles. The molecule has 0 spiro atoms. The molecule has 1 N–H and O–H groups in total. The van der Waals surface area contributed by atoms with Crippen LogP contribution in [0.5, 0.6) is 5.75 Å². The molecule has 1 heterocycles. The second kappa shape index (κ2) is 13.2. The molecule has 1 saturated heterocycles. The van der Waals surface area contributed by atoms with Crippen molar-refractivity contribution in [2.45, 2.75) is 85.4 Å². The molecule has 0 bridgehead atoms. The molecule has 180 valence electrons. The summed E-state index contributed by atoms with van der Waals surface area (Å²) in [6.45, 7) is 18.0. The zero-order valence-electron chi connectivity index (χ0n) is 20.7. The van der Waals surface area contributed by atoms with E-state index in [2.05, 4.69) is 89.0 Å². The monoisotopic (exact) mass is 565 g/mol. The molecule has 2 aromatic rings. The van der Waals surface area contributed by atoms with E-state index in [0.29, 0.717) is 17.4 Å². The van der Waals surface area contributed by atoms with Crippen LogP contribution in [0.25, 0.3) is 0 Å². The Kier molecular flexibility index (Phi) is 12.9. The molecule has 0 radical (unpaired) electrons. The molecule has 1 fully saturated rings. The fourth-order valence-corrected chi connectivity index (χ4v) is 5.02. The summed E-state index contributed by atoms with van der Waals surface area (Å²) in [4.78, 5) is 0. The molecule has 5 heteroatoms. The minimum Gasteiger partial charge on any atom is -1.00 e. The van der Waals surface area contributed by atoms with Gasteiger partial charge in [-0.05, 0) is 42.7 Å². The van der Waals surface area contributed by atoms with Gasteiger partial charge < -0.3 is 30.1 Å². The third-order valence-electron chi connectivity index (χ3n) is 5.53. The largest absolute Gasteiger partial charge is 1.00 e. The molecule has 1 unspecified atom stereocenters. The first-order chi connectivity index (χ1) is 14.0. The second-order valence-corrected chi connectivity index (χ2v) is 10.7. The first kappa shape index (κ1) is 31.3. The van der Waals surface area contributed by atoms with Gasteiger partial charge in [0.1, 0.15) is 0 Å². The van der Waals surface area contributed by atoms with Crippen LogP contribution in [0.2, 0.25) is 0 Å². The number of para-hydroxylation sites is 1. The van der Waals surface area contributed by atoms with Crippen molar-refractivity contribution in [1.29, 1.82) is 0 Å². The first-order valence-corrected chi connectivity index (χ1v) is 12.0. The standard InChI is InChI=1S/C17H27N.C10H12O.2ClH.Ru/c1-12(2)13-9-7-8-10-14(13)15-16(3,4)11-17(5,6)18-15;1-8(2)11-10-7-5-4-6-9(10)3;;;/h7-10,12,15,18H,11H2,1-6H3;3-8H,1-2H3;2*1H;/q;;;;+2/p-2. The molecule has 1 aliphatic rings. The summed E-state index contributed by atoms with van der Waals surface area (Å²) >= 11 is 2.49. The Hall–Kier alpha value is -0.727. The van der Waals surface area contributed by atoms with Gasteiger partial charge in [-0.2, -0.15) is 0 Å². The van der Waals surface area contributed by atoms with Crippen molar-refractivity contribution in [2.75, 3.05) is 0 Å². The average molecular weight is 566 g/mol. The van der Waals surface area contributed by atoms with Gasteiger partial charge in [0.2, 0.25) is 0 Å². The van der Waals surface area contributed by atoms with E-state index in [1.54, 1.807) is 0 Å². The van der Waals surface area contributed by atoms with Gasteiger partial charge >= 0.3 is 82.7 Å². The van der Waals surface area contributed by atoms with E-state index in [0.717, 1.165) is 11.3 Å². The molecule has 2 aromatic carbocycles. The van der Waals surface area contributed by atoms with E-state index in [1.165, 1.54) is 17.5 Å². The molecule has 2 nitrogen and oxygen atoms in total. The molecule has 0 aliphatic carbocycles. The summed E-state index contributed by atoms with van der Waals surface area (Å²) < 4.78 is 7.58. The Bertz CT molecular complexity index is 849. The quantitative estimate of drug-likeness (QED) is 0.543. The predicted octanol–water partition coefficient (Wildman–Crippen LogP) is 0.828. The maximum absolute atomic E-state index is 5.59. The number of halogens is 2. The number of hydrogen-bond donors (Lipinski definition) is 1. The molecular formula is C27H39Cl2NORu. The zero-order chi connectivity index (χ0) is 22.5. The van der Waals surface area contributed by atoms with E-state index in [4.69, 9.17) is 4.74 Å². The van der Waals surface area contributed by atoms with Gasteiger partial charge in [-0.15, -0.1) is 0 Å². The van der Waals surface area contributed by atoms with E-state index >= 15 is 0 Å². The third-order valence-corrected chi connectivity index (χ3v) is 6.08. The minimum absolute atomic E-state index is 0. The minimum atomic E-state index is 0. The van der Waals surface area contributed by atoms with Gasteiger partial charge in [-0.3, -0.25) is 0 Å². The topological polar surface area (TPSA) is 21.3 Å². The third kappa shape index (κ3) is 8.56. The van der Waals surface area contributed by atoms with Gasteiger partial charge in [0.05, 0.1) is 0 Å². The molecule has 1 aliphatic heterocycles. The van der Waals surface area contributed by atoms with Crippen LogP contribution >= 0.6 is 0 Å². The van der Waals surface area contributed by atoms with Crippen LogP contribution in [0.4, 0.5) is 0 Å². The Morgan fingerprint density at radius 2 is 1.50 bits per heavy atom. The van der Waals surface area contributed by atoms with Crippen LogP contribution in [0.15, 0.2) is 48.5 Å². The second-order valence-electron chi connectivity index (χ2n) is 10.2. The van der Waals surface area contributed by atoms with Crippen LogP contribution in [-0.4, -0.2) is 16.3 Å². The van der Waals surface area contributed by atoms with E-state index in [9.17, 15) is 0 Å². The van der Waals surface area contributed by atoms with Crippen molar-refractivity contribution < 1.29 is 47.4 Å². The molecule has 3 rings (SSSR count). The summed E-state index contributed by atoms with van der Waals surface area (Å²) in [5.41, 5.74) is 4.65. The SMILES string of the molecule is CC(C)Oc1ccccc1[CH]=[Ru+2].CC(C)c1ccccc1C1NC(C)(C)CC1(C)C.[Cl-].[Cl-]. The maximum Gasteiger partial charge on any atom is 0.0379 e. The Labute approximate surface area is 218 Å². The smallest absolute Gasteiger partial charge is 0.0379 e. The van der Waals surface area contributed by atoms with Crippen LogP contribution in [-0.2, 0) is 17.9 Å². The summed E-state index contributed by atoms with van der Waals surface area (Å²) in [7, 11) is 0. The Morgan fingerprint density at radius 1 is 0.938 bits per heavy atom. The van der Waals surface area contributed by atoms with Crippen LogP contribution in [0, 0.1) is 5.41 Å². The van der Waals surface area contributed by atoms with Crippen molar-refractivity contribution in [3.05, 3.63) is 65.2 Å². The molecule has 0 amide bonds. The fourth-order valence-electron chi connectivity index (χ4n) is 4.60. The van der Waals surface area contributed by atoms with Gasteiger partial charge in [0.15, 0.2) is 0 Å². The van der Waals surface area contributed by atoms with Crippen molar-refractivity contribution in [1.82, 2.24) is 5.32 Å². The number of hydrogen-bond acceptors (Lipinski definition) is 2. The first-order valence-electron chi connectivity index (χ1n) is 11.0. The summed E-state index contributed by atoms with van der Waals surface area (Å²) in [6, 6.07) is 17.4. The Morgan fingerprint density at radius 3 is 2.00 bits per heavy atom. The van der Waals surface area contributed by atoms with Crippen LogP contribution < -0.4 is 34.9 Å². The van der Waals surface area contributed by atoms with Crippen molar-refractivity contribution in [3.63, 3.8) is 0 Å². The predicted molar refractivity (Wildman–Crippen MR) is 126 cm³/mol. The van der Waals surface area contributed by atoms with Crippen LogP contribution in [0.3, 0.4) is 0 Å². The number of ether oxygens (including phenoxy) is 1. The van der Waals surface area contributed by atoms with E-state index < -0.39 is 0 Å². The average Bonchev–Trinajstić information content (AvgIpc) is 2.89. The maximum atomic E-state index is 5.59. The molecule has 1 atom stereocenters. The van der Waals surface area contributed by atoms with Crippen molar-refractivity contribution in [2.24, 2.45) is 5.41 Å². The zero-order valence-corrected chi connectivity index (χ0v) is 23.9. The van der Waals surface area contributed by atoms with E-state index in [-0.39, 0.29) is 36.5 Å². The van der Waals surface area contributed by atoms with Gasteiger partial charge in [0, 0.05) is 11.6 Å². The number of rotatable bonds is 5. The van der Waals surface area contributed by atoms with Crippen LogP contribution in [0.1, 0.15) is 90.5 Å². The van der Waals surface area contributed by atoms with Gasteiger partial charge in [-0.1, -0.05) is 52.0 Å². The Balaban J connectivity index is 0.000000607. The summed E-state index contributed by atoms with van der Waals surface area (Å²) in [5.74, 6) is 1.54. The van der Waals surface area contributed by atoms with Crippen molar-refractivity contribution in [3.8, 4) is 5.75 Å². The van der Waals surface area contributed by atoms with Gasteiger partial charge in [-0.25, -0.2) is 0 Å². The van der Waals surface area contributed by atoms with Gasteiger partial charge in [0.25, 0.3) is 0 Å². The number of nitrogens with one attached hydrogen (secondary N) is 1. The normalized spacial score (nSPS) is 18.1. The fraction of sp³-hybridized carbons (Fsp3) is 0.519. The summed E-state index contributed by atoms with van der Waals surface area (Å²) in [5, 5.41) is 3.83. The molecule has 32 heavy (non-hydrogen) atoms. The molecule has 0 saturated carbocycles. The summed E-state index contributed by atoms with van der Waals surface area (Å²) in [6.07, 6.45) is 1.45. The molecular weight excluding hydrogens is 526 g/mol. The number of benzene rings is 2. The van der Waals surface area contributed by atoms with Crippen molar-refractivity contribution >= 4 is 4.61 Å². The van der Waals surface area contributed by atoms with E-state index in [1.807, 2.05) is 42.7 Å².